The topological polar surface area (TPSA) is 74.5 Å². The fraction of sp³-hybridized carbons (Fsp3) is 0.667. The summed E-state index contributed by atoms with van der Waals surface area (Å²) in [4.78, 5) is 15.1. The molecule has 0 aromatic rings. The van der Waals surface area contributed by atoms with Crippen LogP contribution in [-0.4, -0.2) is 19.4 Å². The predicted molar refractivity (Wildman–Crippen MR) is 52.7 cm³/mol. The summed E-state index contributed by atoms with van der Waals surface area (Å²) in [6.07, 6.45) is 2.07. The van der Waals surface area contributed by atoms with E-state index in [0.717, 1.165) is 0 Å². The summed E-state index contributed by atoms with van der Waals surface area (Å²) in [5.41, 5.74) is -0.232. The number of nitriles is 1. The minimum absolute atomic E-state index is 0.232. The van der Waals surface area contributed by atoms with Crippen molar-refractivity contribution in [3.05, 3.63) is 0 Å². The number of carbonyl (C=O) groups excluding carboxylic acids is 1. The van der Waals surface area contributed by atoms with Gasteiger partial charge in [-0.2, -0.15) is 5.26 Å². The molecule has 0 aliphatic heterocycles. The third-order valence-corrected chi connectivity index (χ3v) is 1.62. The van der Waals surface area contributed by atoms with Crippen LogP contribution < -0.4 is 5.32 Å². The lowest BCUT2D eigenvalue weighted by Crippen LogP contribution is -2.18. The molecular weight excluding hydrogens is 182 g/mol. The summed E-state index contributed by atoms with van der Waals surface area (Å²) in [6.45, 7) is 3.84. The van der Waals surface area contributed by atoms with E-state index in [-0.39, 0.29) is 5.41 Å². The van der Waals surface area contributed by atoms with Crippen LogP contribution in [0.5, 0.6) is 0 Å². The molecule has 0 aromatic heterocycles. The van der Waals surface area contributed by atoms with Crippen molar-refractivity contribution in [3.8, 4) is 6.07 Å². The number of amides is 1. The van der Waals surface area contributed by atoms with Crippen LogP contribution in [0.1, 0.15) is 26.7 Å². The Morgan fingerprint density at radius 2 is 2.36 bits per heavy atom. The maximum atomic E-state index is 10.6. The van der Waals surface area contributed by atoms with E-state index in [1.165, 1.54) is 13.3 Å². The molecule has 0 spiro atoms. The largest absolute Gasteiger partial charge is 0.433 e. The van der Waals surface area contributed by atoms with E-state index in [0.29, 0.717) is 12.8 Å². The van der Waals surface area contributed by atoms with Crippen LogP contribution >= 0.6 is 0 Å². The first-order valence-corrected chi connectivity index (χ1v) is 4.32. The van der Waals surface area contributed by atoms with Gasteiger partial charge in [-0.3, -0.25) is 4.84 Å². The second-order valence-electron chi connectivity index (χ2n) is 3.51. The molecule has 78 valence electrons. The highest BCUT2D eigenvalue weighted by Crippen LogP contribution is 2.18. The van der Waals surface area contributed by atoms with E-state index in [4.69, 9.17) is 5.26 Å². The SMILES string of the molecule is CNC(=O)ON=CC(C)(C)CCC#N. The lowest BCUT2D eigenvalue weighted by atomic mass is 9.90. The molecule has 5 heteroatoms. The minimum Gasteiger partial charge on any atom is -0.323 e. The smallest absolute Gasteiger partial charge is 0.323 e. The van der Waals surface area contributed by atoms with E-state index < -0.39 is 6.09 Å². The van der Waals surface area contributed by atoms with Gasteiger partial charge in [-0.05, 0) is 6.42 Å². The average Bonchev–Trinajstić information content (AvgIpc) is 2.14. The number of oxime groups is 1. The van der Waals surface area contributed by atoms with Gasteiger partial charge in [0.05, 0.1) is 12.3 Å². The summed E-state index contributed by atoms with van der Waals surface area (Å²) in [7, 11) is 1.46. The monoisotopic (exact) mass is 197 g/mol. The summed E-state index contributed by atoms with van der Waals surface area (Å²) < 4.78 is 0. The summed E-state index contributed by atoms with van der Waals surface area (Å²) >= 11 is 0. The Morgan fingerprint density at radius 1 is 1.71 bits per heavy atom. The van der Waals surface area contributed by atoms with E-state index in [2.05, 4.69) is 21.4 Å². The van der Waals surface area contributed by atoms with E-state index in [1.807, 2.05) is 13.8 Å². The van der Waals surface area contributed by atoms with Crippen molar-refractivity contribution in [2.24, 2.45) is 10.6 Å². The molecule has 0 fully saturated rings. The lowest BCUT2D eigenvalue weighted by Gasteiger charge is -2.15. The van der Waals surface area contributed by atoms with Crippen LogP contribution in [-0.2, 0) is 4.84 Å². The van der Waals surface area contributed by atoms with Gasteiger partial charge in [-0.25, -0.2) is 4.79 Å². The van der Waals surface area contributed by atoms with Gasteiger partial charge in [-0.1, -0.05) is 19.0 Å². The fourth-order valence-corrected chi connectivity index (χ4v) is 0.705. The summed E-state index contributed by atoms with van der Waals surface area (Å²) in [6, 6.07) is 2.05. The number of hydrogen-bond donors (Lipinski definition) is 1. The molecule has 1 N–H and O–H groups in total. The van der Waals surface area contributed by atoms with Crippen LogP contribution in [0, 0.1) is 16.7 Å². The molecular formula is C9H15N3O2. The third-order valence-electron chi connectivity index (χ3n) is 1.62. The van der Waals surface area contributed by atoms with E-state index >= 15 is 0 Å². The Kier molecular flexibility index (Phi) is 5.30. The van der Waals surface area contributed by atoms with Gasteiger partial charge in [0, 0.05) is 18.9 Å². The first kappa shape index (κ1) is 12.4. The van der Waals surface area contributed by atoms with Crippen molar-refractivity contribution >= 4 is 12.3 Å². The van der Waals surface area contributed by atoms with Crippen LogP contribution in [0.2, 0.25) is 0 Å². The van der Waals surface area contributed by atoms with Crippen molar-refractivity contribution in [1.29, 1.82) is 5.26 Å². The van der Waals surface area contributed by atoms with Crippen LogP contribution in [0.15, 0.2) is 5.16 Å². The molecule has 0 rings (SSSR count). The molecule has 0 aliphatic rings. The highest BCUT2D eigenvalue weighted by atomic mass is 16.7. The van der Waals surface area contributed by atoms with Crippen molar-refractivity contribution < 1.29 is 9.63 Å². The number of carbonyl (C=O) groups is 1. The molecule has 14 heavy (non-hydrogen) atoms. The molecule has 0 aliphatic carbocycles. The molecule has 0 radical (unpaired) electrons. The van der Waals surface area contributed by atoms with Crippen molar-refractivity contribution in [3.63, 3.8) is 0 Å². The van der Waals surface area contributed by atoms with Crippen LogP contribution in [0.3, 0.4) is 0 Å². The number of hydrogen-bond acceptors (Lipinski definition) is 4. The molecule has 5 nitrogen and oxygen atoms in total. The molecule has 0 unspecified atom stereocenters. The van der Waals surface area contributed by atoms with Crippen molar-refractivity contribution in [2.45, 2.75) is 26.7 Å². The molecule has 0 saturated heterocycles. The van der Waals surface area contributed by atoms with Gasteiger partial charge in [0.1, 0.15) is 0 Å². The molecule has 1 amide bonds. The zero-order valence-corrected chi connectivity index (χ0v) is 8.70. The Bertz CT molecular complexity index is 253. The Hall–Kier alpha value is -1.57. The standard InChI is InChI=1S/C9H15N3O2/c1-9(2,5-4-6-10)7-12-14-8(13)11-3/h7H,4-5H2,1-3H3,(H,11,13). The van der Waals surface area contributed by atoms with Gasteiger partial charge in [0.15, 0.2) is 0 Å². The second kappa shape index (κ2) is 5.97. The normalized spacial score (nSPS) is 11.0. The van der Waals surface area contributed by atoms with Gasteiger partial charge in [0.25, 0.3) is 0 Å². The highest BCUT2D eigenvalue weighted by molar-refractivity contribution is 5.69. The quantitative estimate of drug-likeness (QED) is 0.423. The van der Waals surface area contributed by atoms with Gasteiger partial charge >= 0.3 is 6.09 Å². The maximum absolute atomic E-state index is 10.6. The van der Waals surface area contributed by atoms with Crippen LogP contribution in [0.4, 0.5) is 4.79 Å². The van der Waals surface area contributed by atoms with Crippen molar-refractivity contribution in [2.75, 3.05) is 7.05 Å². The van der Waals surface area contributed by atoms with Crippen LogP contribution in [0.25, 0.3) is 0 Å². The Balaban J connectivity index is 3.95. The van der Waals surface area contributed by atoms with E-state index in [1.54, 1.807) is 0 Å². The first-order valence-electron chi connectivity index (χ1n) is 4.32. The molecule has 0 heterocycles. The molecule has 0 aromatic carbocycles. The number of nitrogens with zero attached hydrogens (tertiary/aromatic N) is 2. The molecule has 0 bridgehead atoms. The summed E-state index contributed by atoms with van der Waals surface area (Å²) in [5.74, 6) is 0. The Labute approximate surface area is 83.7 Å². The van der Waals surface area contributed by atoms with E-state index in [9.17, 15) is 4.79 Å². The zero-order valence-electron chi connectivity index (χ0n) is 8.70. The average molecular weight is 197 g/mol. The maximum Gasteiger partial charge on any atom is 0.433 e. The summed E-state index contributed by atoms with van der Waals surface area (Å²) in [5, 5.41) is 14.2. The Morgan fingerprint density at radius 3 is 2.86 bits per heavy atom. The fourth-order valence-electron chi connectivity index (χ4n) is 0.705. The zero-order chi connectivity index (χ0) is 11.0. The third kappa shape index (κ3) is 6.00. The van der Waals surface area contributed by atoms with Gasteiger partial charge in [0.2, 0.25) is 0 Å². The highest BCUT2D eigenvalue weighted by Gasteiger charge is 2.14. The predicted octanol–water partition coefficient (Wildman–Crippen LogP) is 1.66. The van der Waals surface area contributed by atoms with Gasteiger partial charge in [-0.15, -0.1) is 0 Å². The number of nitrogens with one attached hydrogen (secondary N) is 1. The minimum atomic E-state index is -0.600. The van der Waals surface area contributed by atoms with Crippen molar-refractivity contribution in [1.82, 2.24) is 5.32 Å². The lowest BCUT2D eigenvalue weighted by molar-refractivity contribution is 0.152. The molecule has 0 saturated carbocycles. The molecule has 0 atom stereocenters. The first-order chi connectivity index (χ1) is 6.52. The van der Waals surface area contributed by atoms with Gasteiger partial charge < -0.3 is 5.32 Å². The second-order valence-corrected chi connectivity index (χ2v) is 3.51. The number of rotatable bonds is 4.